The van der Waals surface area contributed by atoms with Crippen molar-refractivity contribution in [2.75, 3.05) is 19.5 Å². The van der Waals surface area contributed by atoms with E-state index in [1.165, 1.54) is 0 Å². The van der Waals surface area contributed by atoms with Crippen LogP contribution in [0.2, 0.25) is 5.02 Å². The van der Waals surface area contributed by atoms with Crippen LogP contribution in [-0.4, -0.2) is 19.1 Å². The first-order valence-electron chi connectivity index (χ1n) is 7.90. The van der Waals surface area contributed by atoms with Crippen molar-refractivity contribution in [1.29, 1.82) is 0 Å². The maximum Gasteiger partial charge on any atom is 0.214 e. The molecule has 0 unspecified atom stereocenters. The fourth-order valence-electron chi connectivity index (χ4n) is 2.50. The summed E-state index contributed by atoms with van der Waals surface area (Å²) in [4.78, 5) is 4.57. The first-order chi connectivity index (χ1) is 12.2. The highest BCUT2D eigenvalue weighted by Crippen LogP contribution is 2.26. The number of benzene rings is 2. The molecular formula is C20H19ClN2O2. The molecule has 0 spiro atoms. The number of hydrogen-bond acceptors (Lipinski definition) is 4. The lowest BCUT2D eigenvalue weighted by Crippen LogP contribution is -2.02. The second-order valence-electron chi connectivity index (χ2n) is 5.39. The number of rotatable bonds is 6. The minimum absolute atomic E-state index is 0.342. The molecule has 0 bridgehead atoms. The number of ether oxygens (including phenoxy) is 2. The maximum absolute atomic E-state index is 6.28. The molecule has 0 aliphatic rings. The van der Waals surface area contributed by atoms with Crippen molar-refractivity contribution in [1.82, 2.24) is 4.98 Å². The summed E-state index contributed by atoms with van der Waals surface area (Å²) in [7, 11) is 3.51. The van der Waals surface area contributed by atoms with Gasteiger partial charge in [0.2, 0.25) is 5.88 Å². The number of methoxy groups -OCH3 is 1. The molecular weight excluding hydrogens is 336 g/mol. The van der Waals surface area contributed by atoms with Crippen LogP contribution in [0.25, 0.3) is 11.3 Å². The molecule has 0 amide bonds. The average molecular weight is 355 g/mol. The quantitative estimate of drug-likeness (QED) is 0.674. The summed E-state index contributed by atoms with van der Waals surface area (Å²) in [6, 6.07) is 19.2. The second-order valence-corrected chi connectivity index (χ2v) is 5.80. The van der Waals surface area contributed by atoms with Gasteiger partial charge in [0.05, 0.1) is 12.8 Å². The number of hydrogen-bond donors (Lipinski definition) is 1. The zero-order valence-corrected chi connectivity index (χ0v) is 14.9. The summed E-state index contributed by atoms with van der Waals surface area (Å²) < 4.78 is 11.0. The van der Waals surface area contributed by atoms with Crippen molar-refractivity contribution in [3.05, 3.63) is 71.2 Å². The molecule has 2 aromatic carbocycles. The van der Waals surface area contributed by atoms with Crippen molar-refractivity contribution in [2.45, 2.75) is 6.61 Å². The predicted molar refractivity (Wildman–Crippen MR) is 102 cm³/mol. The summed E-state index contributed by atoms with van der Waals surface area (Å²) in [6.07, 6.45) is 0. The normalized spacial score (nSPS) is 10.4. The molecule has 3 rings (SSSR count). The van der Waals surface area contributed by atoms with Crippen LogP contribution in [0.5, 0.6) is 11.6 Å². The minimum atomic E-state index is 0.342. The number of anilines is 1. The average Bonchev–Trinajstić information content (AvgIpc) is 2.67. The van der Waals surface area contributed by atoms with E-state index in [0.29, 0.717) is 17.5 Å². The van der Waals surface area contributed by atoms with Gasteiger partial charge < -0.3 is 14.8 Å². The maximum atomic E-state index is 6.28. The van der Waals surface area contributed by atoms with E-state index in [2.05, 4.69) is 10.3 Å². The largest absolute Gasteiger partial charge is 0.497 e. The van der Waals surface area contributed by atoms with Gasteiger partial charge in [-0.3, -0.25) is 0 Å². The Bertz CT molecular complexity index is 851. The van der Waals surface area contributed by atoms with Crippen molar-refractivity contribution in [3.8, 4) is 22.9 Å². The van der Waals surface area contributed by atoms with E-state index in [4.69, 9.17) is 21.1 Å². The molecule has 0 atom stereocenters. The molecule has 1 heterocycles. The third-order valence-corrected chi connectivity index (χ3v) is 4.22. The Morgan fingerprint density at radius 1 is 1.00 bits per heavy atom. The zero-order valence-electron chi connectivity index (χ0n) is 14.1. The standard InChI is InChI=1S/C20H19ClN2O2/c1-22-19-7-3-5-17(21)16(19)13-25-20-8-4-6-18(23-20)14-9-11-15(24-2)12-10-14/h3-12,22H,13H2,1-2H3. The molecule has 0 aliphatic heterocycles. The van der Waals surface area contributed by atoms with Crippen molar-refractivity contribution in [2.24, 2.45) is 0 Å². The first kappa shape index (κ1) is 17.1. The second kappa shape index (κ2) is 7.90. The van der Waals surface area contributed by atoms with Crippen LogP contribution in [-0.2, 0) is 6.61 Å². The highest BCUT2D eigenvalue weighted by molar-refractivity contribution is 6.31. The van der Waals surface area contributed by atoms with Gasteiger partial charge in [-0.05, 0) is 42.5 Å². The van der Waals surface area contributed by atoms with E-state index in [-0.39, 0.29) is 0 Å². The van der Waals surface area contributed by atoms with E-state index >= 15 is 0 Å². The third-order valence-electron chi connectivity index (χ3n) is 3.86. The Morgan fingerprint density at radius 2 is 1.76 bits per heavy atom. The molecule has 5 heteroatoms. The highest BCUT2D eigenvalue weighted by Gasteiger charge is 2.08. The van der Waals surface area contributed by atoms with E-state index in [9.17, 15) is 0 Å². The van der Waals surface area contributed by atoms with Crippen LogP contribution in [0.1, 0.15) is 5.56 Å². The molecule has 0 radical (unpaired) electrons. The molecule has 1 aromatic heterocycles. The summed E-state index contributed by atoms with van der Waals surface area (Å²) in [5, 5.41) is 3.79. The van der Waals surface area contributed by atoms with Gasteiger partial charge in [-0.25, -0.2) is 4.98 Å². The molecule has 0 fully saturated rings. The Balaban J connectivity index is 1.78. The Morgan fingerprint density at radius 3 is 2.48 bits per heavy atom. The molecule has 25 heavy (non-hydrogen) atoms. The van der Waals surface area contributed by atoms with Gasteiger partial charge in [-0.1, -0.05) is 23.7 Å². The molecule has 3 aromatic rings. The monoisotopic (exact) mass is 354 g/mol. The Hall–Kier alpha value is -2.72. The van der Waals surface area contributed by atoms with Gasteiger partial charge in [0.25, 0.3) is 0 Å². The Kier molecular flexibility index (Phi) is 5.41. The first-order valence-corrected chi connectivity index (χ1v) is 8.28. The van der Waals surface area contributed by atoms with Crippen molar-refractivity contribution >= 4 is 17.3 Å². The summed E-state index contributed by atoms with van der Waals surface area (Å²) >= 11 is 6.28. The predicted octanol–water partition coefficient (Wildman–Crippen LogP) is 5.03. The number of pyridine rings is 1. The van der Waals surface area contributed by atoms with Crippen LogP contribution < -0.4 is 14.8 Å². The molecule has 128 valence electrons. The van der Waals surface area contributed by atoms with Crippen molar-refractivity contribution in [3.63, 3.8) is 0 Å². The molecule has 4 nitrogen and oxygen atoms in total. The van der Waals surface area contributed by atoms with Crippen LogP contribution in [0.3, 0.4) is 0 Å². The van der Waals surface area contributed by atoms with E-state index in [1.807, 2.05) is 67.7 Å². The highest BCUT2D eigenvalue weighted by atomic mass is 35.5. The van der Waals surface area contributed by atoms with Crippen LogP contribution in [0, 0.1) is 0 Å². The van der Waals surface area contributed by atoms with Crippen LogP contribution in [0.4, 0.5) is 5.69 Å². The Labute approximate surface area is 152 Å². The number of halogens is 1. The zero-order chi connectivity index (χ0) is 17.6. The van der Waals surface area contributed by atoms with E-state index < -0.39 is 0 Å². The lowest BCUT2D eigenvalue weighted by Gasteiger charge is -2.12. The summed E-state index contributed by atoms with van der Waals surface area (Å²) in [6.45, 7) is 0.342. The van der Waals surface area contributed by atoms with Gasteiger partial charge in [0.15, 0.2) is 0 Å². The van der Waals surface area contributed by atoms with Gasteiger partial charge in [0.1, 0.15) is 12.4 Å². The van der Waals surface area contributed by atoms with Gasteiger partial charge in [0, 0.05) is 35.0 Å². The number of nitrogens with one attached hydrogen (secondary N) is 1. The summed E-state index contributed by atoms with van der Waals surface area (Å²) in [5.41, 5.74) is 3.69. The van der Waals surface area contributed by atoms with E-state index in [0.717, 1.165) is 28.3 Å². The topological polar surface area (TPSA) is 43.4 Å². The van der Waals surface area contributed by atoms with E-state index in [1.54, 1.807) is 7.11 Å². The number of nitrogens with zero attached hydrogens (tertiary/aromatic N) is 1. The number of aromatic nitrogens is 1. The molecule has 0 saturated carbocycles. The SMILES string of the molecule is CNc1cccc(Cl)c1COc1cccc(-c2ccc(OC)cc2)n1. The fourth-order valence-corrected chi connectivity index (χ4v) is 2.73. The van der Waals surface area contributed by atoms with Crippen LogP contribution in [0.15, 0.2) is 60.7 Å². The lowest BCUT2D eigenvalue weighted by molar-refractivity contribution is 0.295. The van der Waals surface area contributed by atoms with Gasteiger partial charge in [-0.2, -0.15) is 0 Å². The molecule has 0 aliphatic carbocycles. The van der Waals surface area contributed by atoms with Crippen LogP contribution >= 0.6 is 11.6 Å². The molecule has 1 N–H and O–H groups in total. The van der Waals surface area contributed by atoms with Gasteiger partial charge in [-0.15, -0.1) is 0 Å². The van der Waals surface area contributed by atoms with Crippen molar-refractivity contribution < 1.29 is 9.47 Å². The third kappa shape index (κ3) is 4.03. The minimum Gasteiger partial charge on any atom is -0.497 e. The summed E-state index contributed by atoms with van der Waals surface area (Å²) in [5.74, 6) is 1.37. The molecule has 0 saturated heterocycles. The lowest BCUT2D eigenvalue weighted by atomic mass is 10.1. The fraction of sp³-hybridized carbons (Fsp3) is 0.150. The smallest absolute Gasteiger partial charge is 0.214 e. The van der Waals surface area contributed by atoms with Gasteiger partial charge >= 0.3 is 0 Å².